The van der Waals surface area contributed by atoms with Crippen LogP contribution >= 0.6 is 11.6 Å². The Morgan fingerprint density at radius 1 is 1.00 bits per heavy atom. The number of nitro benzene ring substituents is 1. The van der Waals surface area contributed by atoms with E-state index in [9.17, 15) is 24.5 Å². The molecule has 0 radical (unpaired) electrons. The monoisotopic (exact) mass is 435 g/mol. The van der Waals surface area contributed by atoms with Crippen molar-refractivity contribution in [2.75, 3.05) is 10.2 Å². The molecule has 3 amide bonds. The van der Waals surface area contributed by atoms with Crippen LogP contribution in [0.1, 0.15) is 36.6 Å². The van der Waals surface area contributed by atoms with Gasteiger partial charge in [-0.05, 0) is 49.4 Å². The highest BCUT2D eigenvalue weighted by molar-refractivity contribution is 6.40. The fourth-order valence-corrected chi connectivity index (χ4v) is 3.64. The molecular weight excluding hydrogens is 422 g/mol. The zero-order chi connectivity index (χ0) is 22.3. The standard InChI is InChI=1S/C22H14ClN3O5/c1-12-10-13(6-8-18(12)26(30)31)20(27)24-14-7-9-19(17(23)11-14)25-21(28)15-4-2-3-5-16(15)22(25)29/h2-11H,1H3,(H,24,27). The van der Waals surface area contributed by atoms with E-state index >= 15 is 0 Å². The number of rotatable bonds is 4. The molecule has 4 rings (SSSR count). The summed E-state index contributed by atoms with van der Waals surface area (Å²) in [6, 6.07) is 15.0. The highest BCUT2D eigenvalue weighted by Gasteiger charge is 2.37. The number of nitro groups is 1. The van der Waals surface area contributed by atoms with Gasteiger partial charge in [0, 0.05) is 22.9 Å². The van der Waals surface area contributed by atoms with Crippen LogP contribution < -0.4 is 10.2 Å². The third-order valence-corrected chi connectivity index (χ3v) is 5.20. The van der Waals surface area contributed by atoms with Crippen LogP contribution in [-0.2, 0) is 0 Å². The van der Waals surface area contributed by atoms with Gasteiger partial charge >= 0.3 is 0 Å². The van der Waals surface area contributed by atoms with Gasteiger partial charge in [0.05, 0.1) is 26.8 Å². The smallest absolute Gasteiger partial charge is 0.272 e. The van der Waals surface area contributed by atoms with E-state index in [1.54, 1.807) is 31.2 Å². The Kier molecular flexibility index (Phi) is 5.00. The average molecular weight is 436 g/mol. The van der Waals surface area contributed by atoms with Crippen molar-refractivity contribution in [3.8, 4) is 0 Å². The van der Waals surface area contributed by atoms with E-state index in [1.807, 2.05) is 0 Å². The number of fused-ring (bicyclic) bond motifs is 1. The number of nitrogens with one attached hydrogen (secondary N) is 1. The molecule has 1 aliphatic heterocycles. The zero-order valence-electron chi connectivity index (χ0n) is 16.1. The number of carbonyl (C=O) groups excluding carboxylic acids is 3. The maximum atomic E-state index is 12.6. The summed E-state index contributed by atoms with van der Waals surface area (Å²) in [6.07, 6.45) is 0. The first-order valence-corrected chi connectivity index (χ1v) is 9.49. The Balaban J connectivity index is 1.57. The number of imide groups is 1. The number of hydrogen-bond donors (Lipinski definition) is 1. The van der Waals surface area contributed by atoms with Crippen LogP contribution in [-0.4, -0.2) is 22.6 Å². The number of carbonyl (C=O) groups is 3. The van der Waals surface area contributed by atoms with Crippen LogP contribution in [0, 0.1) is 17.0 Å². The normalized spacial score (nSPS) is 12.6. The third kappa shape index (κ3) is 3.53. The molecule has 0 unspecified atom stereocenters. The lowest BCUT2D eigenvalue weighted by molar-refractivity contribution is -0.385. The summed E-state index contributed by atoms with van der Waals surface area (Å²) in [5, 5.41) is 13.7. The molecule has 31 heavy (non-hydrogen) atoms. The van der Waals surface area contributed by atoms with Crippen molar-refractivity contribution < 1.29 is 19.3 Å². The van der Waals surface area contributed by atoms with Crippen LogP contribution in [0.4, 0.5) is 17.1 Å². The van der Waals surface area contributed by atoms with Gasteiger partial charge in [0.25, 0.3) is 23.4 Å². The van der Waals surface area contributed by atoms with E-state index in [0.717, 1.165) is 4.90 Å². The lowest BCUT2D eigenvalue weighted by Gasteiger charge is -2.16. The molecule has 154 valence electrons. The number of nitrogens with zero attached hydrogens (tertiary/aromatic N) is 2. The summed E-state index contributed by atoms with van der Waals surface area (Å²) in [7, 11) is 0. The number of aryl methyl sites for hydroxylation is 1. The summed E-state index contributed by atoms with van der Waals surface area (Å²) in [6.45, 7) is 1.54. The van der Waals surface area contributed by atoms with Gasteiger partial charge in [-0.1, -0.05) is 23.7 Å². The summed E-state index contributed by atoms with van der Waals surface area (Å²) < 4.78 is 0. The number of halogens is 1. The number of benzene rings is 3. The van der Waals surface area contributed by atoms with E-state index in [-0.39, 0.29) is 22.0 Å². The SMILES string of the molecule is Cc1cc(C(=O)Nc2ccc(N3C(=O)c4ccccc4C3=O)c(Cl)c2)ccc1[N+](=O)[O-]. The molecule has 0 aliphatic carbocycles. The molecule has 0 atom stereocenters. The van der Waals surface area contributed by atoms with Crippen molar-refractivity contribution >= 4 is 46.4 Å². The molecule has 0 bridgehead atoms. The zero-order valence-corrected chi connectivity index (χ0v) is 16.8. The van der Waals surface area contributed by atoms with Crippen molar-refractivity contribution in [2.45, 2.75) is 6.92 Å². The van der Waals surface area contributed by atoms with Crippen molar-refractivity contribution in [1.29, 1.82) is 0 Å². The third-order valence-electron chi connectivity index (χ3n) is 4.90. The van der Waals surface area contributed by atoms with Crippen molar-refractivity contribution in [3.05, 3.63) is 98.1 Å². The molecule has 9 heteroatoms. The second-order valence-corrected chi connectivity index (χ2v) is 7.28. The fourth-order valence-electron chi connectivity index (χ4n) is 3.38. The number of amides is 3. The quantitative estimate of drug-likeness (QED) is 0.365. The Labute approximate surface area is 181 Å². The van der Waals surface area contributed by atoms with Crippen molar-refractivity contribution in [2.24, 2.45) is 0 Å². The van der Waals surface area contributed by atoms with Crippen molar-refractivity contribution in [1.82, 2.24) is 0 Å². The van der Waals surface area contributed by atoms with Crippen LogP contribution in [0.15, 0.2) is 60.7 Å². The van der Waals surface area contributed by atoms with Gasteiger partial charge in [0.2, 0.25) is 0 Å². The summed E-state index contributed by atoms with van der Waals surface area (Å²) in [5.41, 5.74) is 1.66. The maximum Gasteiger partial charge on any atom is 0.272 e. The molecule has 1 N–H and O–H groups in total. The first-order valence-electron chi connectivity index (χ1n) is 9.11. The molecule has 3 aromatic carbocycles. The maximum absolute atomic E-state index is 12.6. The summed E-state index contributed by atoms with van der Waals surface area (Å²) >= 11 is 6.32. The lowest BCUT2D eigenvalue weighted by atomic mass is 10.1. The number of anilines is 2. The highest BCUT2D eigenvalue weighted by Crippen LogP contribution is 2.35. The Morgan fingerprint density at radius 3 is 2.19 bits per heavy atom. The van der Waals surface area contributed by atoms with Crippen LogP contribution in [0.3, 0.4) is 0 Å². The predicted molar refractivity (Wildman–Crippen MR) is 115 cm³/mol. The molecule has 0 saturated heterocycles. The molecule has 0 saturated carbocycles. The lowest BCUT2D eigenvalue weighted by Crippen LogP contribution is -2.29. The van der Waals surface area contributed by atoms with Gasteiger partial charge in [-0.25, -0.2) is 4.90 Å². The van der Waals surface area contributed by atoms with E-state index in [4.69, 9.17) is 11.6 Å². The molecule has 8 nitrogen and oxygen atoms in total. The Hall–Kier alpha value is -4.04. The van der Waals surface area contributed by atoms with Gasteiger partial charge in [-0.2, -0.15) is 0 Å². The minimum absolute atomic E-state index is 0.0788. The van der Waals surface area contributed by atoms with Crippen LogP contribution in [0.2, 0.25) is 5.02 Å². The minimum Gasteiger partial charge on any atom is -0.322 e. The van der Waals surface area contributed by atoms with Gasteiger partial charge in [-0.3, -0.25) is 24.5 Å². The molecule has 0 spiro atoms. The molecular formula is C22H14ClN3O5. The van der Waals surface area contributed by atoms with E-state index in [0.29, 0.717) is 22.4 Å². The summed E-state index contributed by atoms with van der Waals surface area (Å²) in [5.74, 6) is -1.43. The van der Waals surface area contributed by atoms with Gasteiger partial charge in [-0.15, -0.1) is 0 Å². The first-order chi connectivity index (χ1) is 14.8. The predicted octanol–water partition coefficient (Wildman–Crippen LogP) is 4.61. The summed E-state index contributed by atoms with van der Waals surface area (Å²) in [4.78, 5) is 49.2. The number of hydrogen-bond acceptors (Lipinski definition) is 5. The van der Waals surface area contributed by atoms with E-state index < -0.39 is 22.6 Å². The fraction of sp³-hybridized carbons (Fsp3) is 0.0455. The van der Waals surface area contributed by atoms with Gasteiger partial charge in [0.15, 0.2) is 0 Å². The molecule has 1 aliphatic rings. The largest absolute Gasteiger partial charge is 0.322 e. The Bertz CT molecular complexity index is 1250. The second kappa shape index (κ2) is 7.66. The van der Waals surface area contributed by atoms with Crippen molar-refractivity contribution in [3.63, 3.8) is 0 Å². The van der Waals surface area contributed by atoms with Gasteiger partial charge in [0.1, 0.15) is 0 Å². The van der Waals surface area contributed by atoms with E-state index in [1.165, 1.54) is 36.4 Å². The first kappa shape index (κ1) is 20.2. The van der Waals surface area contributed by atoms with E-state index in [2.05, 4.69) is 5.32 Å². The molecule has 3 aromatic rings. The average Bonchev–Trinajstić information content (AvgIpc) is 2.98. The van der Waals surface area contributed by atoms with Gasteiger partial charge < -0.3 is 5.32 Å². The topological polar surface area (TPSA) is 110 Å². The van der Waals surface area contributed by atoms with Crippen LogP contribution in [0.5, 0.6) is 0 Å². The highest BCUT2D eigenvalue weighted by atomic mass is 35.5. The Morgan fingerprint density at radius 2 is 1.65 bits per heavy atom. The molecule has 1 heterocycles. The molecule has 0 aromatic heterocycles. The van der Waals surface area contributed by atoms with Crippen LogP contribution in [0.25, 0.3) is 0 Å². The minimum atomic E-state index is -0.519. The second-order valence-electron chi connectivity index (χ2n) is 6.87. The molecule has 0 fully saturated rings.